The molecule has 1 nitrogen and oxygen atoms in total. The summed E-state index contributed by atoms with van der Waals surface area (Å²) in [5.74, 6) is 4.91. The Balaban J connectivity index is 1.40. The zero-order chi connectivity index (χ0) is 13.5. The summed E-state index contributed by atoms with van der Waals surface area (Å²) in [5.41, 5.74) is 8.10. The molecular formula is C19H27N. The zero-order valence-corrected chi connectivity index (χ0v) is 12.4. The zero-order valence-electron chi connectivity index (χ0n) is 12.4. The lowest BCUT2D eigenvalue weighted by molar-refractivity contribution is -0.0474. The van der Waals surface area contributed by atoms with E-state index in [0.29, 0.717) is 6.04 Å². The molecule has 1 unspecified atom stereocenters. The number of benzene rings is 1. The molecule has 0 heterocycles. The van der Waals surface area contributed by atoms with Gasteiger partial charge in [0.1, 0.15) is 0 Å². The number of aryl methyl sites for hydroxylation is 1. The van der Waals surface area contributed by atoms with E-state index in [1.54, 1.807) is 6.42 Å². The van der Waals surface area contributed by atoms with Gasteiger partial charge in [0.25, 0.3) is 0 Å². The Bertz CT molecular complexity index is 424. The van der Waals surface area contributed by atoms with Crippen LogP contribution in [0.4, 0.5) is 0 Å². The molecule has 4 aliphatic rings. The molecule has 2 N–H and O–H groups in total. The standard InChI is InChI=1S/C19H27N/c20-18(7-6-13-4-2-1-3-5-13)19-16-9-14-8-15(11-16)12-17(19)10-14/h1-5,14-19H,6-12,20H2. The van der Waals surface area contributed by atoms with Crippen molar-refractivity contribution >= 4 is 0 Å². The van der Waals surface area contributed by atoms with Gasteiger partial charge in [-0.25, -0.2) is 0 Å². The van der Waals surface area contributed by atoms with Crippen molar-refractivity contribution in [3.63, 3.8) is 0 Å². The third-order valence-corrected chi connectivity index (χ3v) is 6.40. The Morgan fingerprint density at radius 2 is 1.50 bits per heavy atom. The normalized spacial score (nSPS) is 40.0. The summed E-state index contributed by atoms with van der Waals surface area (Å²) in [5, 5.41) is 0. The van der Waals surface area contributed by atoms with Gasteiger partial charge in [-0.05, 0) is 80.1 Å². The van der Waals surface area contributed by atoms with Gasteiger partial charge >= 0.3 is 0 Å². The molecule has 1 aromatic rings. The first kappa shape index (κ1) is 12.9. The van der Waals surface area contributed by atoms with E-state index in [1.165, 1.54) is 37.7 Å². The molecule has 0 radical (unpaired) electrons. The van der Waals surface area contributed by atoms with Crippen molar-refractivity contribution in [3.8, 4) is 0 Å². The number of hydrogen-bond donors (Lipinski definition) is 1. The van der Waals surface area contributed by atoms with Gasteiger partial charge in [-0.1, -0.05) is 30.3 Å². The van der Waals surface area contributed by atoms with Crippen molar-refractivity contribution < 1.29 is 0 Å². The van der Waals surface area contributed by atoms with Gasteiger partial charge in [-0.15, -0.1) is 0 Å². The summed E-state index contributed by atoms with van der Waals surface area (Å²) in [6.07, 6.45) is 9.86. The van der Waals surface area contributed by atoms with Crippen LogP contribution in [0.25, 0.3) is 0 Å². The molecule has 108 valence electrons. The molecule has 4 bridgehead atoms. The first-order valence-corrected chi connectivity index (χ1v) is 8.59. The first-order chi connectivity index (χ1) is 9.79. The summed E-state index contributed by atoms with van der Waals surface area (Å²) in [6, 6.07) is 11.3. The number of hydrogen-bond acceptors (Lipinski definition) is 1. The maximum atomic E-state index is 6.65. The Labute approximate surface area is 122 Å². The second-order valence-electron chi connectivity index (χ2n) is 7.70. The van der Waals surface area contributed by atoms with Crippen LogP contribution in [0.3, 0.4) is 0 Å². The van der Waals surface area contributed by atoms with Gasteiger partial charge < -0.3 is 5.73 Å². The van der Waals surface area contributed by atoms with E-state index >= 15 is 0 Å². The van der Waals surface area contributed by atoms with Crippen molar-refractivity contribution in [1.29, 1.82) is 0 Å². The van der Waals surface area contributed by atoms with Crippen molar-refractivity contribution in [2.75, 3.05) is 0 Å². The molecule has 4 aliphatic carbocycles. The summed E-state index contributed by atoms with van der Waals surface area (Å²) >= 11 is 0. The van der Waals surface area contributed by atoms with Crippen LogP contribution in [0.2, 0.25) is 0 Å². The van der Waals surface area contributed by atoms with E-state index in [2.05, 4.69) is 30.3 Å². The van der Waals surface area contributed by atoms with Gasteiger partial charge in [-0.3, -0.25) is 0 Å². The maximum Gasteiger partial charge on any atom is 0.00756 e. The smallest absolute Gasteiger partial charge is 0.00756 e. The second kappa shape index (κ2) is 5.18. The Morgan fingerprint density at radius 3 is 2.10 bits per heavy atom. The minimum Gasteiger partial charge on any atom is -0.327 e. The van der Waals surface area contributed by atoms with Crippen LogP contribution in [0.1, 0.15) is 44.1 Å². The van der Waals surface area contributed by atoms with Crippen LogP contribution >= 0.6 is 0 Å². The van der Waals surface area contributed by atoms with Crippen LogP contribution in [0, 0.1) is 29.6 Å². The van der Waals surface area contributed by atoms with E-state index in [1.807, 2.05) is 0 Å². The Hall–Kier alpha value is -0.820. The lowest BCUT2D eigenvalue weighted by Crippen LogP contribution is -2.51. The van der Waals surface area contributed by atoms with Gasteiger partial charge in [-0.2, -0.15) is 0 Å². The predicted molar refractivity (Wildman–Crippen MR) is 83.3 cm³/mol. The summed E-state index contributed by atoms with van der Waals surface area (Å²) < 4.78 is 0. The third kappa shape index (κ3) is 2.30. The molecule has 1 heteroatoms. The summed E-state index contributed by atoms with van der Waals surface area (Å²) in [6.45, 7) is 0. The van der Waals surface area contributed by atoms with Gasteiger partial charge in [0.15, 0.2) is 0 Å². The Morgan fingerprint density at radius 1 is 0.900 bits per heavy atom. The molecule has 0 spiro atoms. The first-order valence-electron chi connectivity index (χ1n) is 8.59. The molecule has 0 aromatic heterocycles. The highest BCUT2D eigenvalue weighted by Gasteiger charge is 2.49. The van der Waals surface area contributed by atoms with Crippen LogP contribution in [0.15, 0.2) is 30.3 Å². The predicted octanol–water partition coefficient (Wildman–Crippen LogP) is 4.02. The fourth-order valence-electron chi connectivity index (χ4n) is 5.84. The molecule has 0 aliphatic heterocycles. The van der Waals surface area contributed by atoms with Crippen LogP contribution in [-0.4, -0.2) is 6.04 Å². The van der Waals surface area contributed by atoms with Gasteiger partial charge in [0, 0.05) is 6.04 Å². The maximum absolute atomic E-state index is 6.65. The highest BCUT2D eigenvalue weighted by atomic mass is 14.7. The SMILES string of the molecule is NC(CCc1ccccc1)C1C2CC3CC(C2)CC1C3. The average molecular weight is 269 g/mol. The fraction of sp³-hybridized carbons (Fsp3) is 0.684. The van der Waals surface area contributed by atoms with E-state index in [9.17, 15) is 0 Å². The van der Waals surface area contributed by atoms with Crippen molar-refractivity contribution in [2.24, 2.45) is 35.3 Å². The molecule has 5 rings (SSSR count). The van der Waals surface area contributed by atoms with Crippen molar-refractivity contribution in [1.82, 2.24) is 0 Å². The van der Waals surface area contributed by atoms with Crippen molar-refractivity contribution in [3.05, 3.63) is 35.9 Å². The quantitative estimate of drug-likeness (QED) is 0.878. The van der Waals surface area contributed by atoms with Gasteiger partial charge in [0.05, 0.1) is 0 Å². The molecule has 20 heavy (non-hydrogen) atoms. The van der Waals surface area contributed by atoms with Crippen molar-refractivity contribution in [2.45, 2.75) is 51.0 Å². The molecule has 1 atom stereocenters. The van der Waals surface area contributed by atoms with E-state index in [-0.39, 0.29) is 0 Å². The molecule has 4 fully saturated rings. The number of nitrogens with two attached hydrogens (primary N) is 1. The van der Waals surface area contributed by atoms with Crippen LogP contribution in [-0.2, 0) is 6.42 Å². The lowest BCUT2D eigenvalue weighted by atomic mass is 9.50. The number of rotatable bonds is 4. The van der Waals surface area contributed by atoms with Gasteiger partial charge in [0.2, 0.25) is 0 Å². The largest absolute Gasteiger partial charge is 0.327 e. The molecule has 0 amide bonds. The molecular weight excluding hydrogens is 242 g/mol. The van der Waals surface area contributed by atoms with E-state index in [0.717, 1.165) is 36.0 Å². The molecule has 4 saturated carbocycles. The molecule has 1 aromatic carbocycles. The summed E-state index contributed by atoms with van der Waals surface area (Å²) in [4.78, 5) is 0. The van der Waals surface area contributed by atoms with Crippen LogP contribution in [0.5, 0.6) is 0 Å². The topological polar surface area (TPSA) is 26.0 Å². The van der Waals surface area contributed by atoms with E-state index in [4.69, 9.17) is 5.73 Å². The Kier molecular flexibility index (Phi) is 3.34. The van der Waals surface area contributed by atoms with Crippen LogP contribution < -0.4 is 5.73 Å². The molecule has 0 saturated heterocycles. The minimum absolute atomic E-state index is 0.435. The lowest BCUT2D eigenvalue weighted by Gasteiger charge is -2.56. The second-order valence-corrected chi connectivity index (χ2v) is 7.70. The third-order valence-electron chi connectivity index (χ3n) is 6.40. The highest BCUT2D eigenvalue weighted by molar-refractivity contribution is 5.15. The average Bonchev–Trinajstić information content (AvgIpc) is 2.45. The highest BCUT2D eigenvalue weighted by Crippen LogP contribution is 2.57. The fourth-order valence-corrected chi connectivity index (χ4v) is 5.84. The summed E-state index contributed by atoms with van der Waals surface area (Å²) in [7, 11) is 0. The minimum atomic E-state index is 0.435. The van der Waals surface area contributed by atoms with E-state index < -0.39 is 0 Å². The monoisotopic (exact) mass is 269 g/mol.